The molecule has 0 radical (unpaired) electrons. The molecule has 0 bridgehead atoms. The van der Waals surface area contributed by atoms with Crippen LogP contribution in [0.3, 0.4) is 0 Å². The van der Waals surface area contributed by atoms with Crippen molar-refractivity contribution in [2.45, 2.75) is 10.1 Å². The van der Waals surface area contributed by atoms with E-state index in [2.05, 4.69) is 10.3 Å². The summed E-state index contributed by atoms with van der Waals surface area (Å²) in [5.74, 6) is -0.106. The Balaban J connectivity index is 1.59. The van der Waals surface area contributed by atoms with Gasteiger partial charge in [-0.3, -0.25) is 4.79 Å². The van der Waals surface area contributed by atoms with E-state index in [1.807, 2.05) is 24.3 Å². The number of hydrogen-bond donors (Lipinski definition) is 1. The zero-order valence-corrected chi connectivity index (χ0v) is 15.8. The lowest BCUT2D eigenvalue weighted by molar-refractivity contribution is -0.113. The molecule has 1 aromatic heterocycles. The summed E-state index contributed by atoms with van der Waals surface area (Å²) >= 11 is 1.19. The fourth-order valence-electron chi connectivity index (χ4n) is 2.16. The Morgan fingerprint density at radius 2 is 1.85 bits per heavy atom. The summed E-state index contributed by atoms with van der Waals surface area (Å²) in [5.41, 5.74) is 1.94. The molecule has 1 N–H and O–H groups in total. The van der Waals surface area contributed by atoms with Crippen LogP contribution in [0.15, 0.2) is 63.1 Å². The normalized spacial score (nSPS) is 11.8. The van der Waals surface area contributed by atoms with Crippen LogP contribution in [0.2, 0.25) is 0 Å². The van der Waals surface area contributed by atoms with Gasteiger partial charge in [-0.15, -0.1) is 0 Å². The van der Waals surface area contributed by atoms with E-state index in [4.69, 9.17) is 4.42 Å². The van der Waals surface area contributed by atoms with Gasteiger partial charge in [-0.1, -0.05) is 23.9 Å². The second-order valence-electron chi connectivity index (χ2n) is 5.60. The van der Waals surface area contributed by atoms with Gasteiger partial charge in [0.2, 0.25) is 15.9 Å². The first-order valence-corrected chi connectivity index (χ1v) is 10.1. The average Bonchev–Trinajstić information content (AvgIpc) is 3.03. The molecule has 2 aromatic carbocycles. The highest BCUT2D eigenvalue weighted by molar-refractivity contribution is 7.99. The monoisotopic (exact) mass is 391 g/mol. The number of sulfonamides is 1. The number of thioether (sulfide) groups is 1. The molecule has 0 aliphatic carbocycles. The first-order valence-electron chi connectivity index (χ1n) is 7.67. The summed E-state index contributed by atoms with van der Waals surface area (Å²) in [6.45, 7) is 0. The van der Waals surface area contributed by atoms with Crippen molar-refractivity contribution >= 4 is 44.5 Å². The number of hydrogen-bond acceptors (Lipinski definition) is 6. The summed E-state index contributed by atoms with van der Waals surface area (Å²) in [5, 5.41) is 3.14. The minimum Gasteiger partial charge on any atom is -0.431 e. The third-order valence-electron chi connectivity index (χ3n) is 3.52. The van der Waals surface area contributed by atoms with Crippen LogP contribution in [-0.4, -0.2) is 43.5 Å². The number of carbonyl (C=O) groups is 1. The maximum atomic E-state index is 12.1. The van der Waals surface area contributed by atoms with Gasteiger partial charge in [0.25, 0.3) is 5.22 Å². The Kier molecular flexibility index (Phi) is 5.30. The number of rotatable bonds is 6. The van der Waals surface area contributed by atoms with Crippen LogP contribution in [0.4, 0.5) is 5.69 Å². The largest absolute Gasteiger partial charge is 0.431 e. The van der Waals surface area contributed by atoms with Crippen LogP contribution in [0, 0.1) is 0 Å². The predicted octanol–water partition coefficient (Wildman–Crippen LogP) is 2.81. The molecule has 26 heavy (non-hydrogen) atoms. The standard InChI is InChI=1S/C17H17N3O4S2/c1-20(2)26(22,23)13-9-7-12(8-10-13)18-16(21)11-25-17-19-14-5-3-4-6-15(14)24-17/h3-10H,11H2,1-2H3,(H,18,21). The van der Waals surface area contributed by atoms with Gasteiger partial charge in [0.05, 0.1) is 10.6 Å². The first-order chi connectivity index (χ1) is 12.4. The molecule has 136 valence electrons. The highest BCUT2D eigenvalue weighted by atomic mass is 32.2. The zero-order valence-electron chi connectivity index (χ0n) is 14.2. The molecule has 0 aliphatic heterocycles. The molecule has 0 unspecified atom stereocenters. The number of nitrogens with zero attached hydrogens (tertiary/aromatic N) is 2. The quantitative estimate of drug-likeness (QED) is 0.650. The van der Waals surface area contributed by atoms with E-state index < -0.39 is 10.0 Å². The van der Waals surface area contributed by atoms with Crippen molar-refractivity contribution in [2.24, 2.45) is 0 Å². The molecule has 0 saturated carbocycles. The van der Waals surface area contributed by atoms with Gasteiger partial charge in [-0.2, -0.15) is 0 Å². The molecule has 0 atom stereocenters. The van der Waals surface area contributed by atoms with Crippen LogP contribution in [0.5, 0.6) is 0 Å². The summed E-state index contributed by atoms with van der Waals surface area (Å²) in [6, 6.07) is 13.4. The Morgan fingerprint density at radius 1 is 1.15 bits per heavy atom. The minimum atomic E-state index is -3.49. The van der Waals surface area contributed by atoms with E-state index in [1.54, 1.807) is 12.1 Å². The molecular formula is C17H17N3O4S2. The number of nitrogens with one attached hydrogen (secondary N) is 1. The molecule has 1 heterocycles. The number of amides is 1. The molecule has 0 aliphatic rings. The number of anilines is 1. The number of oxazole rings is 1. The van der Waals surface area contributed by atoms with Gasteiger partial charge in [0, 0.05) is 19.8 Å². The Labute approximate surface area is 155 Å². The number of carbonyl (C=O) groups excluding carboxylic acids is 1. The molecule has 1 amide bonds. The fraction of sp³-hybridized carbons (Fsp3) is 0.176. The van der Waals surface area contributed by atoms with Gasteiger partial charge in [-0.05, 0) is 36.4 Å². The van der Waals surface area contributed by atoms with Crippen molar-refractivity contribution < 1.29 is 17.6 Å². The van der Waals surface area contributed by atoms with E-state index in [9.17, 15) is 13.2 Å². The van der Waals surface area contributed by atoms with Gasteiger partial charge >= 0.3 is 0 Å². The van der Waals surface area contributed by atoms with Gasteiger partial charge in [-0.25, -0.2) is 17.7 Å². The lowest BCUT2D eigenvalue weighted by Crippen LogP contribution is -2.22. The smallest absolute Gasteiger partial charge is 0.257 e. The molecule has 0 saturated heterocycles. The van der Waals surface area contributed by atoms with Crippen molar-refractivity contribution in [3.8, 4) is 0 Å². The van der Waals surface area contributed by atoms with Gasteiger partial charge in [0.15, 0.2) is 5.58 Å². The Bertz CT molecular complexity index is 995. The van der Waals surface area contributed by atoms with Crippen molar-refractivity contribution in [2.75, 3.05) is 25.2 Å². The van der Waals surface area contributed by atoms with Crippen molar-refractivity contribution in [3.05, 3.63) is 48.5 Å². The molecule has 0 fully saturated rings. The molecule has 0 spiro atoms. The zero-order chi connectivity index (χ0) is 18.7. The average molecular weight is 391 g/mol. The molecule has 3 aromatic rings. The van der Waals surface area contributed by atoms with Crippen LogP contribution in [-0.2, 0) is 14.8 Å². The first kappa shape index (κ1) is 18.4. The molecule has 3 rings (SSSR count). The SMILES string of the molecule is CN(C)S(=O)(=O)c1ccc(NC(=O)CSc2nc3ccccc3o2)cc1. The van der Waals surface area contributed by atoms with Gasteiger partial charge < -0.3 is 9.73 Å². The lowest BCUT2D eigenvalue weighted by Gasteiger charge is -2.11. The van der Waals surface area contributed by atoms with E-state index >= 15 is 0 Å². The van der Waals surface area contributed by atoms with Crippen LogP contribution < -0.4 is 5.32 Å². The maximum Gasteiger partial charge on any atom is 0.257 e. The Hall–Kier alpha value is -2.36. The Morgan fingerprint density at radius 3 is 2.50 bits per heavy atom. The second kappa shape index (κ2) is 7.48. The van der Waals surface area contributed by atoms with Crippen molar-refractivity contribution in [1.82, 2.24) is 9.29 Å². The summed E-state index contributed by atoms with van der Waals surface area (Å²) in [7, 11) is -0.552. The molecule has 7 nitrogen and oxygen atoms in total. The number of para-hydroxylation sites is 2. The minimum absolute atomic E-state index is 0.130. The third kappa shape index (κ3) is 4.06. The van der Waals surface area contributed by atoms with Crippen LogP contribution in [0.25, 0.3) is 11.1 Å². The second-order valence-corrected chi connectivity index (χ2v) is 8.67. The summed E-state index contributed by atoms with van der Waals surface area (Å²) < 4.78 is 30.7. The number of aromatic nitrogens is 1. The molecular weight excluding hydrogens is 374 g/mol. The third-order valence-corrected chi connectivity index (χ3v) is 6.18. The van der Waals surface area contributed by atoms with E-state index in [1.165, 1.54) is 38.0 Å². The van der Waals surface area contributed by atoms with Gasteiger partial charge in [0.1, 0.15) is 5.52 Å². The van der Waals surface area contributed by atoms with Crippen molar-refractivity contribution in [1.29, 1.82) is 0 Å². The van der Waals surface area contributed by atoms with E-state index in [-0.39, 0.29) is 16.6 Å². The highest BCUT2D eigenvalue weighted by Crippen LogP contribution is 2.23. The molecule has 9 heteroatoms. The summed E-state index contributed by atoms with van der Waals surface area (Å²) in [4.78, 5) is 16.5. The topological polar surface area (TPSA) is 92.5 Å². The van der Waals surface area contributed by atoms with Crippen molar-refractivity contribution in [3.63, 3.8) is 0 Å². The van der Waals surface area contributed by atoms with E-state index in [0.717, 1.165) is 9.82 Å². The number of benzene rings is 2. The van der Waals surface area contributed by atoms with Crippen LogP contribution >= 0.6 is 11.8 Å². The highest BCUT2D eigenvalue weighted by Gasteiger charge is 2.17. The fourth-order valence-corrected chi connectivity index (χ4v) is 3.70. The maximum absolute atomic E-state index is 12.1. The summed E-state index contributed by atoms with van der Waals surface area (Å²) in [6.07, 6.45) is 0. The van der Waals surface area contributed by atoms with Crippen LogP contribution in [0.1, 0.15) is 0 Å². The van der Waals surface area contributed by atoms with E-state index in [0.29, 0.717) is 16.5 Å². The predicted molar refractivity (Wildman–Crippen MR) is 101 cm³/mol. The number of fused-ring (bicyclic) bond motifs is 1. The lowest BCUT2D eigenvalue weighted by atomic mass is 10.3.